The first-order chi connectivity index (χ1) is 9.10. The van der Waals surface area contributed by atoms with Gasteiger partial charge in [0.2, 0.25) is 0 Å². The van der Waals surface area contributed by atoms with Crippen LogP contribution in [-0.2, 0) is 11.2 Å². The Balaban J connectivity index is 1.67. The fourth-order valence-corrected chi connectivity index (χ4v) is 4.95. The Morgan fingerprint density at radius 1 is 1.11 bits per heavy atom. The van der Waals surface area contributed by atoms with Crippen molar-refractivity contribution in [1.29, 1.82) is 0 Å². The van der Waals surface area contributed by atoms with Crippen molar-refractivity contribution in [2.45, 2.75) is 42.6 Å². The van der Waals surface area contributed by atoms with Crippen LogP contribution in [0.1, 0.15) is 31.2 Å². The van der Waals surface area contributed by atoms with Gasteiger partial charge < -0.3 is 0 Å². The number of benzene rings is 1. The van der Waals surface area contributed by atoms with Crippen molar-refractivity contribution >= 4 is 17.5 Å². The molecule has 0 radical (unpaired) electrons. The van der Waals surface area contributed by atoms with Gasteiger partial charge in [0.1, 0.15) is 17.4 Å². The van der Waals surface area contributed by atoms with Crippen molar-refractivity contribution in [2.24, 2.45) is 5.92 Å². The summed E-state index contributed by atoms with van der Waals surface area (Å²) in [5, 5.41) is 1.24. The second-order valence-corrected chi connectivity index (χ2v) is 7.15. The average molecular weight is 282 g/mol. The summed E-state index contributed by atoms with van der Waals surface area (Å²) in [6.07, 6.45) is 4.47. The molecule has 0 spiro atoms. The van der Waals surface area contributed by atoms with Crippen LogP contribution >= 0.6 is 11.8 Å². The molecule has 2 bridgehead atoms. The molecule has 0 aliphatic carbocycles. The maximum absolute atomic E-state index is 13.1. The molecule has 0 saturated carbocycles. The number of fused-ring (bicyclic) bond motifs is 2. The number of hydrogen-bond donors (Lipinski definition) is 0. The highest BCUT2D eigenvalue weighted by atomic mass is 32.2. The Kier molecular flexibility index (Phi) is 3.61. The largest absolute Gasteiger partial charge is 0.299 e. The van der Waals surface area contributed by atoms with Crippen molar-refractivity contribution in [2.75, 3.05) is 0 Å². The van der Waals surface area contributed by atoms with Crippen LogP contribution in [0.25, 0.3) is 0 Å². The van der Waals surface area contributed by atoms with Crippen LogP contribution < -0.4 is 0 Å². The quantitative estimate of drug-likeness (QED) is 0.840. The molecule has 1 aromatic rings. The lowest BCUT2D eigenvalue weighted by Crippen LogP contribution is -2.26. The summed E-state index contributed by atoms with van der Waals surface area (Å²) < 4.78 is 26.2. The zero-order valence-electron chi connectivity index (χ0n) is 10.6. The smallest absolute Gasteiger partial charge is 0.140 e. The molecular formula is C15H16F2OS. The van der Waals surface area contributed by atoms with Gasteiger partial charge in [0.25, 0.3) is 0 Å². The van der Waals surface area contributed by atoms with Crippen molar-refractivity contribution in [1.82, 2.24) is 0 Å². The molecular weight excluding hydrogens is 266 g/mol. The number of carbonyl (C=O) groups excluding carboxylic acids is 1. The van der Waals surface area contributed by atoms with Gasteiger partial charge in [-0.3, -0.25) is 4.79 Å². The van der Waals surface area contributed by atoms with Crippen molar-refractivity contribution in [3.05, 3.63) is 35.4 Å². The van der Waals surface area contributed by atoms with Crippen LogP contribution in [-0.4, -0.2) is 16.3 Å². The number of rotatable bonds is 3. The number of Topliss-reactive ketones (excluding diaryl/α,β-unsaturated/α-hetero) is 1. The maximum Gasteiger partial charge on any atom is 0.140 e. The van der Waals surface area contributed by atoms with Crippen LogP contribution in [0.2, 0.25) is 0 Å². The first kappa shape index (κ1) is 13.1. The zero-order chi connectivity index (χ0) is 13.4. The highest BCUT2D eigenvalue weighted by Crippen LogP contribution is 2.46. The Hall–Kier alpha value is -0.900. The van der Waals surface area contributed by atoms with Gasteiger partial charge in [0, 0.05) is 28.9 Å². The lowest BCUT2D eigenvalue weighted by Gasteiger charge is -2.26. The van der Waals surface area contributed by atoms with Crippen LogP contribution in [0.15, 0.2) is 18.2 Å². The highest BCUT2D eigenvalue weighted by Gasteiger charge is 2.37. The van der Waals surface area contributed by atoms with E-state index in [0.717, 1.165) is 18.9 Å². The molecule has 2 heterocycles. The van der Waals surface area contributed by atoms with Gasteiger partial charge in [0.15, 0.2) is 0 Å². The first-order valence-corrected chi connectivity index (χ1v) is 7.67. The van der Waals surface area contributed by atoms with Gasteiger partial charge in [0.05, 0.1) is 0 Å². The van der Waals surface area contributed by atoms with Gasteiger partial charge in [-0.25, -0.2) is 8.78 Å². The van der Waals surface area contributed by atoms with E-state index in [1.54, 1.807) is 0 Å². The summed E-state index contributed by atoms with van der Waals surface area (Å²) >= 11 is 2.01. The number of halogens is 2. The summed E-state index contributed by atoms with van der Waals surface area (Å²) in [7, 11) is 0. The molecule has 4 heteroatoms. The summed E-state index contributed by atoms with van der Waals surface area (Å²) in [6.45, 7) is 0. The van der Waals surface area contributed by atoms with Gasteiger partial charge in [-0.05, 0) is 43.4 Å². The fraction of sp³-hybridized carbons (Fsp3) is 0.533. The van der Waals surface area contributed by atoms with Crippen LogP contribution in [0.4, 0.5) is 8.78 Å². The standard InChI is InChI=1S/C15H16F2OS/c16-11-3-9(4-12(17)8-11)5-15(18)10-6-13-1-2-14(7-10)19-13/h3-4,8,10,13-14H,1-2,5-7H2. The van der Waals surface area contributed by atoms with E-state index in [0.29, 0.717) is 16.1 Å². The average Bonchev–Trinajstić information content (AvgIpc) is 2.66. The normalized spacial score (nSPS) is 29.5. The van der Waals surface area contributed by atoms with Crippen molar-refractivity contribution < 1.29 is 13.6 Å². The van der Waals surface area contributed by atoms with Gasteiger partial charge in [-0.15, -0.1) is 0 Å². The summed E-state index contributed by atoms with van der Waals surface area (Å²) in [5.41, 5.74) is 0.452. The van der Waals surface area contributed by atoms with E-state index in [2.05, 4.69) is 0 Å². The molecule has 0 amide bonds. The lowest BCUT2D eigenvalue weighted by atomic mass is 9.91. The summed E-state index contributed by atoms with van der Waals surface area (Å²) in [5.74, 6) is -0.989. The molecule has 2 saturated heterocycles. The number of hydrogen-bond acceptors (Lipinski definition) is 2. The Bertz CT molecular complexity index is 471. The molecule has 102 valence electrons. The third kappa shape index (κ3) is 2.99. The number of thioether (sulfide) groups is 1. The third-order valence-electron chi connectivity index (χ3n) is 4.05. The molecule has 1 aromatic carbocycles. The Morgan fingerprint density at radius 2 is 1.68 bits per heavy atom. The highest BCUT2D eigenvalue weighted by molar-refractivity contribution is 8.00. The molecule has 2 aliphatic rings. The minimum absolute atomic E-state index is 0.0880. The summed E-state index contributed by atoms with van der Waals surface area (Å²) in [4.78, 5) is 12.3. The molecule has 2 fully saturated rings. The zero-order valence-corrected chi connectivity index (χ0v) is 11.4. The van der Waals surface area contributed by atoms with E-state index >= 15 is 0 Å². The van der Waals surface area contributed by atoms with Crippen LogP contribution in [0.5, 0.6) is 0 Å². The number of ketones is 1. The van der Waals surface area contributed by atoms with E-state index in [1.807, 2.05) is 11.8 Å². The molecule has 0 aromatic heterocycles. The van der Waals surface area contributed by atoms with Crippen LogP contribution in [0, 0.1) is 17.6 Å². The topological polar surface area (TPSA) is 17.1 Å². The first-order valence-electron chi connectivity index (χ1n) is 6.73. The molecule has 2 unspecified atom stereocenters. The second kappa shape index (κ2) is 5.23. The van der Waals surface area contributed by atoms with Crippen molar-refractivity contribution in [3.8, 4) is 0 Å². The molecule has 2 atom stereocenters. The SMILES string of the molecule is O=C(Cc1cc(F)cc(F)c1)C1CC2CCC(C1)S2. The molecule has 3 rings (SSSR count). The Morgan fingerprint density at radius 3 is 2.26 bits per heavy atom. The van der Waals surface area contributed by atoms with Gasteiger partial charge in [-0.2, -0.15) is 11.8 Å². The lowest BCUT2D eigenvalue weighted by molar-refractivity contribution is -0.122. The molecule has 19 heavy (non-hydrogen) atoms. The van der Waals surface area contributed by atoms with E-state index in [-0.39, 0.29) is 18.1 Å². The molecule has 2 aliphatic heterocycles. The minimum atomic E-state index is -0.609. The second-order valence-electron chi connectivity index (χ2n) is 5.55. The summed E-state index contributed by atoms with van der Waals surface area (Å²) in [6, 6.07) is 3.35. The van der Waals surface area contributed by atoms with E-state index in [1.165, 1.54) is 25.0 Å². The number of carbonyl (C=O) groups is 1. The fourth-order valence-electron chi connectivity index (χ4n) is 3.18. The predicted octanol–water partition coefficient (Wildman–Crippen LogP) is 3.75. The predicted molar refractivity (Wildman–Crippen MR) is 72.2 cm³/mol. The third-order valence-corrected chi connectivity index (χ3v) is 5.67. The van der Waals surface area contributed by atoms with E-state index in [4.69, 9.17) is 0 Å². The monoisotopic (exact) mass is 282 g/mol. The molecule has 0 N–H and O–H groups in total. The minimum Gasteiger partial charge on any atom is -0.299 e. The maximum atomic E-state index is 13.1. The van der Waals surface area contributed by atoms with Gasteiger partial charge >= 0.3 is 0 Å². The van der Waals surface area contributed by atoms with E-state index in [9.17, 15) is 13.6 Å². The van der Waals surface area contributed by atoms with Crippen molar-refractivity contribution in [3.63, 3.8) is 0 Å². The van der Waals surface area contributed by atoms with Gasteiger partial charge in [-0.1, -0.05) is 0 Å². The van der Waals surface area contributed by atoms with Crippen LogP contribution in [0.3, 0.4) is 0 Å². The molecule has 1 nitrogen and oxygen atoms in total. The Labute approximate surface area is 115 Å². The van der Waals surface area contributed by atoms with E-state index < -0.39 is 11.6 Å².